The van der Waals surface area contributed by atoms with Gasteiger partial charge in [0.1, 0.15) is 5.75 Å². The Labute approximate surface area is 111 Å². The predicted octanol–water partition coefficient (Wildman–Crippen LogP) is 1.44. The van der Waals surface area contributed by atoms with Gasteiger partial charge in [-0.15, -0.1) is 0 Å². The Kier molecular flexibility index (Phi) is 6.49. The molecular formula is C12H16ClNO4. The van der Waals surface area contributed by atoms with Crippen LogP contribution in [0.2, 0.25) is 5.02 Å². The predicted molar refractivity (Wildman–Crippen MR) is 68.1 cm³/mol. The molecule has 0 aliphatic rings. The molecule has 0 aliphatic carbocycles. The van der Waals surface area contributed by atoms with Gasteiger partial charge in [-0.3, -0.25) is 4.79 Å². The zero-order valence-electron chi connectivity index (χ0n) is 10.1. The zero-order valence-corrected chi connectivity index (χ0v) is 10.9. The summed E-state index contributed by atoms with van der Waals surface area (Å²) in [7, 11) is 1.59. The Balaban J connectivity index is 2.34. The molecule has 2 N–H and O–H groups in total. The molecule has 0 spiro atoms. The first-order chi connectivity index (χ1) is 8.65. The van der Waals surface area contributed by atoms with E-state index in [2.05, 4.69) is 5.32 Å². The summed E-state index contributed by atoms with van der Waals surface area (Å²) in [6.07, 6.45) is 0. The van der Waals surface area contributed by atoms with Gasteiger partial charge in [0.15, 0.2) is 0 Å². The van der Waals surface area contributed by atoms with Crippen LogP contribution < -0.4 is 5.32 Å². The molecule has 0 atom stereocenters. The number of benzene rings is 1. The van der Waals surface area contributed by atoms with Crippen molar-refractivity contribution in [2.24, 2.45) is 0 Å². The summed E-state index contributed by atoms with van der Waals surface area (Å²) in [4.78, 5) is 11.7. The average molecular weight is 274 g/mol. The van der Waals surface area contributed by atoms with Crippen molar-refractivity contribution >= 4 is 17.5 Å². The molecule has 1 amide bonds. The van der Waals surface area contributed by atoms with E-state index in [9.17, 15) is 9.90 Å². The minimum Gasteiger partial charge on any atom is -0.508 e. The molecule has 0 radical (unpaired) electrons. The largest absolute Gasteiger partial charge is 0.508 e. The number of carbonyl (C=O) groups is 1. The number of phenols is 1. The molecule has 18 heavy (non-hydrogen) atoms. The minimum absolute atomic E-state index is 0.000828. The number of phenolic OH excluding ortho intramolecular Hbond substituents is 1. The molecule has 6 heteroatoms. The molecule has 0 unspecified atom stereocenters. The van der Waals surface area contributed by atoms with Crippen LogP contribution in [0.15, 0.2) is 18.2 Å². The van der Waals surface area contributed by atoms with Crippen molar-refractivity contribution in [2.75, 3.05) is 33.5 Å². The fourth-order valence-electron chi connectivity index (χ4n) is 1.26. The maximum atomic E-state index is 11.7. The van der Waals surface area contributed by atoms with Crippen molar-refractivity contribution in [3.63, 3.8) is 0 Å². The highest BCUT2D eigenvalue weighted by Gasteiger charge is 2.10. The van der Waals surface area contributed by atoms with Gasteiger partial charge in [-0.1, -0.05) is 11.6 Å². The third kappa shape index (κ3) is 4.91. The van der Waals surface area contributed by atoms with E-state index in [1.807, 2.05) is 0 Å². The Bertz CT molecular complexity index is 398. The Morgan fingerprint density at radius 3 is 2.89 bits per heavy atom. The molecule has 0 bridgehead atoms. The first kappa shape index (κ1) is 14.8. The van der Waals surface area contributed by atoms with E-state index in [0.29, 0.717) is 31.4 Å². The fourth-order valence-corrected chi connectivity index (χ4v) is 1.47. The van der Waals surface area contributed by atoms with E-state index < -0.39 is 0 Å². The summed E-state index contributed by atoms with van der Waals surface area (Å²) in [5.41, 5.74) is 0.244. The molecule has 0 heterocycles. The Morgan fingerprint density at radius 1 is 1.39 bits per heavy atom. The summed E-state index contributed by atoms with van der Waals surface area (Å²) >= 11 is 5.85. The molecule has 0 saturated heterocycles. The maximum absolute atomic E-state index is 11.7. The van der Waals surface area contributed by atoms with Crippen LogP contribution in [0, 0.1) is 0 Å². The highest BCUT2D eigenvalue weighted by Crippen LogP contribution is 2.20. The van der Waals surface area contributed by atoms with Crippen molar-refractivity contribution in [1.82, 2.24) is 5.32 Å². The second kappa shape index (κ2) is 7.92. The lowest BCUT2D eigenvalue weighted by Crippen LogP contribution is -2.27. The SMILES string of the molecule is COCCOCCNC(=O)c1cc(O)ccc1Cl. The quantitative estimate of drug-likeness (QED) is 0.738. The number of hydrogen-bond acceptors (Lipinski definition) is 4. The standard InChI is InChI=1S/C12H16ClNO4/c1-17-6-7-18-5-4-14-12(16)10-8-9(15)2-3-11(10)13/h2-3,8,15H,4-7H2,1H3,(H,14,16). The molecule has 100 valence electrons. The van der Waals surface area contributed by atoms with Crippen LogP contribution in [0.3, 0.4) is 0 Å². The number of ether oxygens (including phenoxy) is 2. The maximum Gasteiger partial charge on any atom is 0.253 e. The molecule has 0 saturated carbocycles. The highest BCUT2D eigenvalue weighted by molar-refractivity contribution is 6.33. The summed E-state index contributed by atoms with van der Waals surface area (Å²) in [6.45, 7) is 1.77. The van der Waals surface area contributed by atoms with Gasteiger partial charge in [-0.05, 0) is 18.2 Å². The minimum atomic E-state index is -0.341. The van der Waals surface area contributed by atoms with Crippen molar-refractivity contribution in [1.29, 1.82) is 0 Å². The number of halogens is 1. The van der Waals surface area contributed by atoms with Gasteiger partial charge in [-0.2, -0.15) is 0 Å². The molecule has 0 aromatic heterocycles. The van der Waals surface area contributed by atoms with Crippen LogP contribution in [0.1, 0.15) is 10.4 Å². The van der Waals surface area contributed by atoms with Gasteiger partial charge in [0.05, 0.1) is 30.4 Å². The first-order valence-corrected chi connectivity index (χ1v) is 5.86. The lowest BCUT2D eigenvalue weighted by atomic mass is 10.2. The van der Waals surface area contributed by atoms with Crippen molar-refractivity contribution in [3.05, 3.63) is 28.8 Å². The van der Waals surface area contributed by atoms with Gasteiger partial charge in [0.25, 0.3) is 5.91 Å². The van der Waals surface area contributed by atoms with E-state index in [4.69, 9.17) is 21.1 Å². The van der Waals surface area contributed by atoms with E-state index in [1.165, 1.54) is 18.2 Å². The van der Waals surface area contributed by atoms with E-state index in [0.717, 1.165) is 0 Å². The molecule has 1 aromatic carbocycles. The smallest absolute Gasteiger partial charge is 0.253 e. The normalized spacial score (nSPS) is 10.3. The van der Waals surface area contributed by atoms with Crippen LogP contribution in [0.5, 0.6) is 5.75 Å². The van der Waals surface area contributed by atoms with Crippen LogP contribution >= 0.6 is 11.6 Å². The van der Waals surface area contributed by atoms with Gasteiger partial charge in [-0.25, -0.2) is 0 Å². The van der Waals surface area contributed by atoms with Gasteiger partial charge in [0.2, 0.25) is 0 Å². The monoisotopic (exact) mass is 273 g/mol. The fraction of sp³-hybridized carbons (Fsp3) is 0.417. The lowest BCUT2D eigenvalue weighted by Gasteiger charge is -2.07. The summed E-state index contributed by atoms with van der Waals surface area (Å²) in [5, 5.41) is 12.2. The molecule has 1 aromatic rings. The number of carbonyl (C=O) groups excluding carboxylic acids is 1. The zero-order chi connectivity index (χ0) is 13.4. The molecule has 1 rings (SSSR count). The van der Waals surface area contributed by atoms with Crippen LogP contribution in [0.25, 0.3) is 0 Å². The number of rotatable bonds is 7. The number of amides is 1. The second-order valence-electron chi connectivity index (χ2n) is 3.53. The molecule has 5 nitrogen and oxygen atoms in total. The third-order valence-corrected chi connectivity index (χ3v) is 2.49. The second-order valence-corrected chi connectivity index (χ2v) is 3.93. The Hall–Kier alpha value is -1.30. The van der Waals surface area contributed by atoms with Crippen molar-refractivity contribution in [3.8, 4) is 5.75 Å². The van der Waals surface area contributed by atoms with Gasteiger partial charge in [0, 0.05) is 13.7 Å². The number of aromatic hydroxyl groups is 1. The first-order valence-electron chi connectivity index (χ1n) is 5.48. The third-order valence-electron chi connectivity index (χ3n) is 2.16. The van der Waals surface area contributed by atoms with E-state index in [-0.39, 0.29) is 17.2 Å². The molecule has 0 fully saturated rings. The van der Waals surface area contributed by atoms with Crippen molar-refractivity contribution < 1.29 is 19.4 Å². The number of nitrogens with one attached hydrogen (secondary N) is 1. The lowest BCUT2D eigenvalue weighted by molar-refractivity contribution is 0.0692. The van der Waals surface area contributed by atoms with Crippen molar-refractivity contribution in [2.45, 2.75) is 0 Å². The molecular weight excluding hydrogens is 258 g/mol. The molecule has 0 aliphatic heterocycles. The van der Waals surface area contributed by atoms with Gasteiger partial charge < -0.3 is 19.9 Å². The van der Waals surface area contributed by atoms with E-state index in [1.54, 1.807) is 7.11 Å². The van der Waals surface area contributed by atoms with Crippen LogP contribution in [-0.2, 0) is 9.47 Å². The average Bonchev–Trinajstić information content (AvgIpc) is 2.36. The van der Waals surface area contributed by atoms with Crippen LogP contribution in [0.4, 0.5) is 0 Å². The Morgan fingerprint density at radius 2 is 2.17 bits per heavy atom. The summed E-state index contributed by atoms with van der Waals surface area (Å²) in [6, 6.07) is 4.22. The van der Waals surface area contributed by atoms with Crippen LogP contribution in [-0.4, -0.2) is 44.5 Å². The summed E-state index contributed by atoms with van der Waals surface area (Å²) in [5.74, 6) is -0.341. The van der Waals surface area contributed by atoms with Gasteiger partial charge >= 0.3 is 0 Å². The number of hydrogen-bond donors (Lipinski definition) is 2. The topological polar surface area (TPSA) is 67.8 Å². The highest BCUT2D eigenvalue weighted by atomic mass is 35.5. The summed E-state index contributed by atoms with van der Waals surface area (Å²) < 4.78 is 10.0. The number of methoxy groups -OCH3 is 1. The van der Waals surface area contributed by atoms with E-state index >= 15 is 0 Å².